The second kappa shape index (κ2) is 17.9. The van der Waals surface area contributed by atoms with E-state index in [2.05, 4.69) is 5.32 Å². The molecule has 1 fully saturated rings. The van der Waals surface area contributed by atoms with Crippen molar-refractivity contribution < 1.29 is 33.3 Å². The number of hydrogen-bond donors (Lipinski definition) is 3. The first-order valence-corrected chi connectivity index (χ1v) is 16.9. The Labute approximate surface area is 264 Å². The minimum Gasteiger partial charge on any atom is -0.379 e. The summed E-state index contributed by atoms with van der Waals surface area (Å²) in [7, 11) is 2.11. The van der Waals surface area contributed by atoms with E-state index in [4.69, 9.17) is 15.2 Å². The van der Waals surface area contributed by atoms with Crippen molar-refractivity contribution in [3.05, 3.63) is 35.9 Å². The molecule has 0 aromatic heterocycles. The first-order valence-electron chi connectivity index (χ1n) is 15.7. The van der Waals surface area contributed by atoms with Gasteiger partial charge in [-0.25, -0.2) is 0 Å². The Bertz CT molecular complexity index is 1090. The van der Waals surface area contributed by atoms with Crippen LogP contribution < -0.4 is 11.1 Å². The van der Waals surface area contributed by atoms with Gasteiger partial charge in [0.15, 0.2) is 0 Å². The molecular formula is C32H54N4O7P+. The van der Waals surface area contributed by atoms with E-state index in [1.807, 2.05) is 58.0 Å². The largest absolute Gasteiger partial charge is 0.531 e. The Kier molecular flexibility index (Phi) is 15.4. The third-order valence-corrected chi connectivity index (χ3v) is 9.95. The predicted octanol–water partition coefficient (Wildman–Crippen LogP) is 3.31. The average molecular weight is 638 g/mol. The van der Waals surface area contributed by atoms with Crippen LogP contribution in [0.5, 0.6) is 0 Å². The van der Waals surface area contributed by atoms with E-state index in [1.165, 1.54) is 7.11 Å². The molecule has 1 aliphatic heterocycles. The molecule has 0 aliphatic carbocycles. The van der Waals surface area contributed by atoms with E-state index in [-0.39, 0.29) is 48.6 Å². The normalized spacial score (nSPS) is 20.3. The summed E-state index contributed by atoms with van der Waals surface area (Å²) in [6.07, 6.45) is 1.25. The minimum absolute atomic E-state index is 0.0349. The van der Waals surface area contributed by atoms with Crippen molar-refractivity contribution >= 4 is 25.7 Å². The summed E-state index contributed by atoms with van der Waals surface area (Å²) in [6.45, 7) is 10.1. The number of nitrogens with zero attached hydrogens (tertiary/aromatic N) is 2. The van der Waals surface area contributed by atoms with Crippen LogP contribution in [0.4, 0.5) is 0 Å². The van der Waals surface area contributed by atoms with Gasteiger partial charge in [-0.05, 0) is 34.8 Å². The summed E-state index contributed by atoms with van der Waals surface area (Å²) in [4.78, 5) is 53.7. The maximum Gasteiger partial charge on any atom is 0.531 e. The molecule has 2 rings (SSSR count). The Hall–Kier alpha value is -2.43. The van der Waals surface area contributed by atoms with E-state index in [0.29, 0.717) is 13.0 Å². The van der Waals surface area contributed by atoms with Crippen molar-refractivity contribution in [2.24, 2.45) is 23.5 Å². The topological polar surface area (TPSA) is 152 Å². The summed E-state index contributed by atoms with van der Waals surface area (Å²) < 4.78 is 23.8. The van der Waals surface area contributed by atoms with E-state index in [1.54, 1.807) is 30.9 Å². The van der Waals surface area contributed by atoms with Gasteiger partial charge in [-0.1, -0.05) is 71.4 Å². The van der Waals surface area contributed by atoms with Crippen molar-refractivity contribution in [3.8, 4) is 0 Å². The fourth-order valence-electron chi connectivity index (χ4n) is 6.14. The van der Waals surface area contributed by atoms with Crippen molar-refractivity contribution in [3.63, 3.8) is 0 Å². The van der Waals surface area contributed by atoms with Crippen molar-refractivity contribution in [2.75, 3.05) is 27.8 Å². The molecular weight excluding hydrogens is 583 g/mol. The highest BCUT2D eigenvalue weighted by Crippen LogP contribution is 2.30. The highest BCUT2D eigenvalue weighted by molar-refractivity contribution is 7.38. The zero-order chi connectivity index (χ0) is 33.1. The van der Waals surface area contributed by atoms with Crippen LogP contribution in [0, 0.1) is 17.8 Å². The van der Waals surface area contributed by atoms with Crippen LogP contribution in [0.15, 0.2) is 30.3 Å². The Morgan fingerprint density at radius 3 is 2.30 bits per heavy atom. The second-order valence-corrected chi connectivity index (χ2v) is 13.6. The van der Waals surface area contributed by atoms with Gasteiger partial charge in [-0.2, -0.15) is 4.89 Å². The molecule has 1 aromatic rings. The van der Waals surface area contributed by atoms with E-state index >= 15 is 0 Å². The summed E-state index contributed by atoms with van der Waals surface area (Å²) in [6, 6.07) is 7.82. The number of nitrogens with one attached hydrogen (secondary N) is 1. The lowest BCUT2D eigenvalue weighted by Crippen LogP contribution is -2.56. The fraction of sp³-hybridized carbons (Fsp3) is 0.719. The van der Waals surface area contributed by atoms with Gasteiger partial charge in [0, 0.05) is 34.2 Å². The molecule has 1 heterocycles. The lowest BCUT2D eigenvalue weighted by molar-refractivity contribution is -0.146. The first kappa shape index (κ1) is 37.8. The smallest absolute Gasteiger partial charge is 0.379 e. The van der Waals surface area contributed by atoms with E-state index < -0.39 is 43.9 Å². The predicted molar refractivity (Wildman–Crippen MR) is 171 cm³/mol. The first-order chi connectivity index (χ1) is 20.8. The quantitative estimate of drug-likeness (QED) is 0.220. The van der Waals surface area contributed by atoms with Gasteiger partial charge in [0.05, 0.1) is 42.7 Å². The van der Waals surface area contributed by atoms with Gasteiger partial charge in [0.25, 0.3) is 5.78 Å². The number of ether oxygens (including phenoxy) is 2. The monoisotopic (exact) mass is 637 g/mol. The maximum absolute atomic E-state index is 13.8. The van der Waals surface area contributed by atoms with Gasteiger partial charge in [0.1, 0.15) is 0 Å². The molecule has 248 valence electrons. The molecule has 11 nitrogen and oxygen atoms in total. The molecule has 4 N–H and O–H groups in total. The standard InChI is InChI=1S/C32H53N4O7P/c1-9-21(4)29(35(6)32(39)28(33)20(2)3)25(42-7)19-27(37)36-17-13-16-24(36)30(43-8)22(5)31(38)34-26(44(40)41)18-23-14-11-10-12-15-23/h10-12,14-15,20-22,24-26,28-30H,9,13,16-19,33H2,1-8H3,(H-,34,38,40,41)/p+1/t21-,22+,24-,25+,26+,28-,29-,30+/m0/s1. The molecule has 0 bridgehead atoms. The lowest BCUT2D eigenvalue weighted by atomic mass is 9.89. The second-order valence-electron chi connectivity index (χ2n) is 12.4. The molecule has 0 spiro atoms. The summed E-state index contributed by atoms with van der Waals surface area (Å²) in [5.41, 5.74) is 7.04. The van der Waals surface area contributed by atoms with Crippen LogP contribution in [0.2, 0.25) is 0 Å². The molecule has 9 atom stereocenters. The van der Waals surface area contributed by atoms with Crippen LogP contribution in [0.1, 0.15) is 65.9 Å². The molecule has 1 saturated heterocycles. The zero-order valence-electron chi connectivity index (χ0n) is 27.6. The van der Waals surface area contributed by atoms with Crippen LogP contribution in [0.3, 0.4) is 0 Å². The maximum atomic E-state index is 13.8. The lowest BCUT2D eigenvalue weighted by Gasteiger charge is -2.40. The number of likely N-dealkylation sites (tertiary alicyclic amines) is 1. The van der Waals surface area contributed by atoms with Crippen LogP contribution in [-0.4, -0.2) is 96.3 Å². The summed E-state index contributed by atoms with van der Waals surface area (Å²) in [5.74, 6) is -2.38. The number of amides is 3. The van der Waals surface area contributed by atoms with Crippen LogP contribution >= 0.6 is 8.03 Å². The molecule has 12 heteroatoms. The summed E-state index contributed by atoms with van der Waals surface area (Å²) >= 11 is 0. The van der Waals surface area contributed by atoms with Crippen LogP contribution in [-0.2, 0) is 34.8 Å². The third kappa shape index (κ3) is 9.78. The fourth-order valence-corrected chi connectivity index (χ4v) is 6.75. The molecule has 1 unspecified atom stereocenters. The van der Waals surface area contributed by atoms with Gasteiger partial charge in [0.2, 0.25) is 17.7 Å². The molecule has 3 amide bonds. The molecule has 0 radical (unpaired) electrons. The number of hydrogen-bond acceptors (Lipinski definition) is 7. The molecule has 1 aliphatic rings. The van der Waals surface area contributed by atoms with Crippen molar-refractivity contribution in [1.29, 1.82) is 0 Å². The minimum atomic E-state index is -2.68. The van der Waals surface area contributed by atoms with Gasteiger partial charge in [-0.3, -0.25) is 14.4 Å². The van der Waals surface area contributed by atoms with Gasteiger partial charge >= 0.3 is 8.03 Å². The number of methoxy groups -OCH3 is 2. The van der Waals surface area contributed by atoms with Crippen molar-refractivity contribution in [2.45, 2.75) is 103 Å². The Morgan fingerprint density at radius 1 is 1.14 bits per heavy atom. The SMILES string of the molecule is CC[C@H](C)[C@@H]([C@@H](CC(=O)N1CCC[C@H]1[C@H](OC)[C@@H](C)C(=O)N[C@@H](Cc1ccccc1)[P+](=O)O)OC)N(C)C(=O)[C@@H](N)C(C)C. The highest BCUT2D eigenvalue weighted by atomic mass is 31.1. The number of rotatable bonds is 17. The summed E-state index contributed by atoms with van der Waals surface area (Å²) in [5, 5.41) is 2.74. The van der Waals surface area contributed by atoms with Crippen LogP contribution in [0.25, 0.3) is 0 Å². The van der Waals surface area contributed by atoms with E-state index in [0.717, 1.165) is 18.4 Å². The number of likely N-dealkylation sites (N-methyl/N-ethyl adjacent to an activating group) is 1. The van der Waals surface area contributed by atoms with E-state index in [9.17, 15) is 23.8 Å². The van der Waals surface area contributed by atoms with Crippen molar-refractivity contribution in [1.82, 2.24) is 15.1 Å². The number of carbonyl (C=O) groups is 3. The molecule has 0 saturated carbocycles. The molecule has 44 heavy (non-hydrogen) atoms. The Morgan fingerprint density at radius 2 is 1.77 bits per heavy atom. The zero-order valence-corrected chi connectivity index (χ0v) is 28.5. The number of benzene rings is 1. The van der Waals surface area contributed by atoms with Gasteiger partial charge < -0.3 is 30.3 Å². The van der Waals surface area contributed by atoms with Gasteiger partial charge in [-0.15, -0.1) is 0 Å². The number of nitrogens with two attached hydrogens (primary N) is 1. The Balaban J connectivity index is 2.20. The highest BCUT2D eigenvalue weighted by Gasteiger charge is 2.43. The molecule has 1 aromatic carbocycles. The average Bonchev–Trinajstić information content (AvgIpc) is 3.49. The third-order valence-electron chi connectivity index (χ3n) is 9.11. The number of carbonyl (C=O) groups excluding carboxylic acids is 3.